The van der Waals surface area contributed by atoms with Crippen molar-refractivity contribution in [2.45, 2.75) is 47.5 Å². The molecule has 1 N–H and O–H groups in total. The van der Waals surface area contributed by atoms with Gasteiger partial charge in [-0.15, -0.1) is 0 Å². The Morgan fingerprint density at radius 3 is 2.38 bits per heavy atom. The number of rotatable bonds is 7. The van der Waals surface area contributed by atoms with Gasteiger partial charge in [0, 0.05) is 36.8 Å². The first kappa shape index (κ1) is 28.2. The number of pyridine rings is 2. The van der Waals surface area contributed by atoms with E-state index in [2.05, 4.69) is 15.3 Å². The Balaban J connectivity index is 1.62. The normalized spacial score (nSPS) is 15.4. The summed E-state index contributed by atoms with van der Waals surface area (Å²) in [7, 11) is 0. The van der Waals surface area contributed by atoms with Crippen molar-refractivity contribution in [3.63, 3.8) is 0 Å². The van der Waals surface area contributed by atoms with Crippen molar-refractivity contribution in [2.24, 2.45) is 11.3 Å². The predicted octanol–water partition coefficient (Wildman–Crippen LogP) is 6.12. The first-order valence-corrected chi connectivity index (χ1v) is 13.3. The standard InChI is InChI=1S/C31H32ClN3O4/c1-18-14-21(23-10-9-22(32)17-35-23)15-19(2)26(18)27-25(39-30(38)31(3,4)5)16-20(28(27)36)11-13-34-29(37)24-8-6-7-12-33-24/h6-10,12,14-15,17,20H,11,13,16H2,1-5H3,(H,34,37). The van der Waals surface area contributed by atoms with Crippen LogP contribution >= 0.6 is 11.6 Å². The van der Waals surface area contributed by atoms with Gasteiger partial charge in [-0.2, -0.15) is 0 Å². The van der Waals surface area contributed by atoms with Crippen LogP contribution in [0.15, 0.2) is 60.6 Å². The molecule has 1 atom stereocenters. The van der Waals surface area contributed by atoms with Crippen molar-refractivity contribution >= 4 is 34.8 Å². The van der Waals surface area contributed by atoms with E-state index < -0.39 is 17.3 Å². The maximum absolute atomic E-state index is 13.8. The van der Waals surface area contributed by atoms with Gasteiger partial charge in [-0.1, -0.05) is 17.7 Å². The Labute approximate surface area is 233 Å². The monoisotopic (exact) mass is 545 g/mol. The van der Waals surface area contributed by atoms with Gasteiger partial charge in [0.1, 0.15) is 11.5 Å². The fraction of sp³-hybridized carbons (Fsp3) is 0.323. The minimum absolute atomic E-state index is 0.0950. The second-order valence-corrected chi connectivity index (χ2v) is 11.2. The Morgan fingerprint density at radius 1 is 1.08 bits per heavy atom. The minimum atomic E-state index is -0.732. The first-order valence-electron chi connectivity index (χ1n) is 12.9. The number of ketones is 1. The van der Waals surface area contributed by atoms with Crippen molar-refractivity contribution in [1.82, 2.24) is 15.3 Å². The van der Waals surface area contributed by atoms with E-state index in [1.54, 1.807) is 57.4 Å². The zero-order valence-electron chi connectivity index (χ0n) is 22.8. The highest BCUT2D eigenvalue weighted by atomic mass is 35.5. The number of carbonyl (C=O) groups excluding carboxylic acids is 3. The van der Waals surface area contributed by atoms with Gasteiger partial charge >= 0.3 is 5.97 Å². The summed E-state index contributed by atoms with van der Waals surface area (Å²) in [5.74, 6) is -0.842. The van der Waals surface area contributed by atoms with Gasteiger partial charge < -0.3 is 10.1 Å². The second kappa shape index (κ2) is 11.5. The van der Waals surface area contributed by atoms with Crippen LogP contribution in [0.5, 0.6) is 0 Å². The maximum Gasteiger partial charge on any atom is 0.316 e. The highest BCUT2D eigenvalue weighted by Gasteiger charge is 2.38. The van der Waals surface area contributed by atoms with E-state index in [4.69, 9.17) is 16.3 Å². The predicted molar refractivity (Wildman–Crippen MR) is 151 cm³/mol. The molecule has 1 aromatic carbocycles. The number of nitrogens with zero attached hydrogens (tertiary/aromatic N) is 2. The lowest BCUT2D eigenvalue weighted by atomic mass is 9.89. The van der Waals surface area contributed by atoms with Gasteiger partial charge in [-0.05, 0) is 94.1 Å². The summed E-state index contributed by atoms with van der Waals surface area (Å²) < 4.78 is 5.87. The smallest absolute Gasteiger partial charge is 0.316 e. The number of benzene rings is 1. The molecule has 0 spiro atoms. The summed E-state index contributed by atoms with van der Waals surface area (Å²) in [5.41, 5.74) is 4.19. The minimum Gasteiger partial charge on any atom is -0.430 e. The van der Waals surface area contributed by atoms with Gasteiger partial charge in [0.15, 0.2) is 5.78 Å². The molecule has 0 radical (unpaired) electrons. The SMILES string of the molecule is Cc1cc(-c2ccc(Cl)cn2)cc(C)c1C1=C(OC(=O)C(C)(C)C)CC(CCNC(=O)c2ccccn2)C1=O. The summed E-state index contributed by atoms with van der Waals surface area (Å²) in [4.78, 5) is 47.5. The van der Waals surface area contributed by atoms with Crippen LogP contribution in [-0.2, 0) is 14.3 Å². The number of esters is 1. The number of aryl methyl sites for hydroxylation is 2. The van der Waals surface area contributed by atoms with Crippen molar-refractivity contribution in [2.75, 3.05) is 6.54 Å². The summed E-state index contributed by atoms with van der Waals surface area (Å²) in [5, 5.41) is 3.39. The number of aromatic nitrogens is 2. The van der Waals surface area contributed by atoms with E-state index in [1.807, 2.05) is 32.0 Å². The van der Waals surface area contributed by atoms with Crippen molar-refractivity contribution in [3.8, 4) is 11.3 Å². The van der Waals surface area contributed by atoms with Crippen molar-refractivity contribution in [3.05, 3.63) is 88.0 Å². The molecule has 3 aromatic rings. The number of halogens is 1. The molecule has 0 aliphatic heterocycles. The highest BCUT2D eigenvalue weighted by Crippen LogP contribution is 2.41. The molecule has 39 heavy (non-hydrogen) atoms. The van der Waals surface area contributed by atoms with Crippen LogP contribution in [0, 0.1) is 25.2 Å². The summed E-state index contributed by atoms with van der Waals surface area (Å²) in [6.45, 7) is 9.50. The molecule has 1 unspecified atom stereocenters. The molecular weight excluding hydrogens is 514 g/mol. The summed E-state index contributed by atoms with van der Waals surface area (Å²) in [6.07, 6.45) is 3.84. The average molecular weight is 546 g/mol. The number of ether oxygens (including phenoxy) is 1. The molecule has 1 aliphatic carbocycles. The van der Waals surface area contributed by atoms with Gasteiger partial charge in [0.25, 0.3) is 5.91 Å². The molecule has 4 rings (SSSR count). The van der Waals surface area contributed by atoms with Gasteiger partial charge in [0.2, 0.25) is 0 Å². The molecule has 0 fully saturated rings. The van der Waals surface area contributed by atoms with Crippen LogP contribution in [0.4, 0.5) is 0 Å². The lowest BCUT2D eigenvalue weighted by Gasteiger charge is -2.19. The van der Waals surface area contributed by atoms with E-state index >= 15 is 0 Å². The molecule has 2 aromatic heterocycles. The van der Waals surface area contributed by atoms with E-state index in [0.29, 0.717) is 35.0 Å². The molecule has 0 saturated carbocycles. The fourth-order valence-corrected chi connectivity index (χ4v) is 4.73. The first-order chi connectivity index (χ1) is 18.5. The molecule has 1 amide bonds. The van der Waals surface area contributed by atoms with Gasteiger partial charge in [-0.3, -0.25) is 24.4 Å². The third kappa shape index (κ3) is 6.42. The molecular formula is C31H32ClN3O4. The quantitative estimate of drug-likeness (QED) is 0.359. The van der Waals surface area contributed by atoms with Gasteiger partial charge in [-0.25, -0.2) is 0 Å². The van der Waals surface area contributed by atoms with Crippen molar-refractivity contribution in [1.29, 1.82) is 0 Å². The molecule has 2 heterocycles. The third-order valence-corrected chi connectivity index (χ3v) is 6.86. The topological polar surface area (TPSA) is 98.2 Å². The number of hydrogen-bond donors (Lipinski definition) is 1. The van der Waals surface area contributed by atoms with Crippen LogP contribution in [-0.4, -0.2) is 34.2 Å². The zero-order valence-corrected chi connectivity index (χ0v) is 23.6. The largest absolute Gasteiger partial charge is 0.430 e. The summed E-state index contributed by atoms with van der Waals surface area (Å²) in [6, 6.07) is 12.7. The lowest BCUT2D eigenvalue weighted by Crippen LogP contribution is -2.27. The van der Waals surface area contributed by atoms with E-state index in [0.717, 1.165) is 27.9 Å². The Bertz CT molecular complexity index is 1420. The van der Waals surface area contributed by atoms with Gasteiger partial charge in [0.05, 0.1) is 21.7 Å². The zero-order chi connectivity index (χ0) is 28.3. The van der Waals surface area contributed by atoms with Crippen molar-refractivity contribution < 1.29 is 19.1 Å². The van der Waals surface area contributed by atoms with Crippen LogP contribution in [0.2, 0.25) is 5.02 Å². The van der Waals surface area contributed by atoms with Crippen LogP contribution < -0.4 is 5.32 Å². The molecule has 202 valence electrons. The number of carbonyl (C=O) groups is 3. The lowest BCUT2D eigenvalue weighted by molar-refractivity contribution is -0.148. The second-order valence-electron chi connectivity index (χ2n) is 10.8. The van der Waals surface area contributed by atoms with E-state index in [1.165, 1.54) is 0 Å². The van der Waals surface area contributed by atoms with E-state index in [-0.39, 0.29) is 18.1 Å². The Hall–Kier alpha value is -3.84. The highest BCUT2D eigenvalue weighted by molar-refractivity contribution is 6.30. The third-order valence-electron chi connectivity index (χ3n) is 6.64. The number of hydrogen-bond acceptors (Lipinski definition) is 6. The molecule has 0 bridgehead atoms. The van der Waals surface area contributed by atoms with E-state index in [9.17, 15) is 14.4 Å². The van der Waals surface area contributed by atoms with Crippen LogP contribution in [0.25, 0.3) is 16.8 Å². The number of amides is 1. The summed E-state index contributed by atoms with van der Waals surface area (Å²) >= 11 is 6.00. The molecule has 0 saturated heterocycles. The van der Waals surface area contributed by atoms with Crippen LogP contribution in [0.1, 0.15) is 60.8 Å². The van der Waals surface area contributed by atoms with Crippen LogP contribution in [0.3, 0.4) is 0 Å². The maximum atomic E-state index is 13.8. The number of nitrogens with one attached hydrogen (secondary N) is 1. The number of Topliss-reactive ketones (excluding diaryl/α,β-unsaturated/α-hetero) is 1. The Kier molecular flexibility index (Phi) is 8.31. The Morgan fingerprint density at radius 2 is 1.79 bits per heavy atom. The number of allylic oxidation sites excluding steroid dienone is 2. The molecule has 7 nitrogen and oxygen atoms in total. The average Bonchev–Trinajstić information content (AvgIpc) is 3.18. The fourth-order valence-electron chi connectivity index (χ4n) is 4.61. The molecule has 8 heteroatoms. The molecule has 1 aliphatic rings.